The molecule has 0 aromatic carbocycles. The summed E-state index contributed by atoms with van der Waals surface area (Å²) in [4.78, 5) is 22.2. The molecule has 0 aromatic rings. The largest absolute Gasteiger partial charge is 0.480 e. The Labute approximate surface area is 82.7 Å². The molecule has 2 rings (SSSR count). The molecule has 78 valence electrons. The Balaban J connectivity index is 2.23. The Morgan fingerprint density at radius 2 is 2.21 bits per heavy atom. The van der Waals surface area contributed by atoms with Gasteiger partial charge in [0.15, 0.2) is 0 Å². The van der Waals surface area contributed by atoms with Gasteiger partial charge >= 0.3 is 5.97 Å². The molecule has 1 saturated carbocycles. The zero-order valence-electron chi connectivity index (χ0n) is 8.41. The lowest BCUT2D eigenvalue weighted by atomic mass is 9.77. The summed E-state index contributed by atoms with van der Waals surface area (Å²) in [6, 6.07) is -0.690. The molecule has 0 spiro atoms. The van der Waals surface area contributed by atoms with Crippen LogP contribution in [0.5, 0.6) is 0 Å². The van der Waals surface area contributed by atoms with Crippen LogP contribution in [0.25, 0.3) is 0 Å². The van der Waals surface area contributed by atoms with Gasteiger partial charge in [-0.2, -0.15) is 0 Å². The van der Waals surface area contributed by atoms with Gasteiger partial charge in [-0.1, -0.05) is 13.8 Å². The molecule has 0 bridgehead atoms. The molecule has 4 atom stereocenters. The van der Waals surface area contributed by atoms with E-state index in [0.29, 0.717) is 18.3 Å². The predicted molar refractivity (Wildman–Crippen MR) is 49.6 cm³/mol. The molecule has 2 N–H and O–H groups in total. The van der Waals surface area contributed by atoms with Gasteiger partial charge in [-0.05, 0) is 18.3 Å². The van der Waals surface area contributed by atoms with Gasteiger partial charge in [-0.15, -0.1) is 0 Å². The number of hydrogen-bond donors (Lipinski definition) is 2. The third-order valence-electron chi connectivity index (χ3n) is 3.71. The lowest BCUT2D eigenvalue weighted by Gasteiger charge is -2.27. The first-order valence-corrected chi connectivity index (χ1v) is 4.97. The molecule has 1 amide bonds. The molecule has 1 heterocycles. The average Bonchev–Trinajstić information content (AvgIpc) is 2.70. The second-order valence-electron chi connectivity index (χ2n) is 4.84. The zero-order valence-corrected chi connectivity index (χ0v) is 8.41. The first kappa shape index (κ1) is 9.49. The van der Waals surface area contributed by atoms with Gasteiger partial charge in [0, 0.05) is 11.8 Å². The monoisotopic (exact) mass is 197 g/mol. The topological polar surface area (TPSA) is 66.4 Å². The average molecular weight is 197 g/mol. The Hall–Kier alpha value is -1.06. The van der Waals surface area contributed by atoms with Gasteiger partial charge in [-0.3, -0.25) is 4.79 Å². The number of rotatable bonds is 2. The van der Waals surface area contributed by atoms with Crippen LogP contribution >= 0.6 is 0 Å². The summed E-state index contributed by atoms with van der Waals surface area (Å²) in [5.74, 6) is -0.0754. The van der Waals surface area contributed by atoms with Crippen molar-refractivity contribution in [1.29, 1.82) is 0 Å². The first-order valence-electron chi connectivity index (χ1n) is 4.97. The summed E-state index contributed by atoms with van der Waals surface area (Å²) in [5, 5.41) is 11.6. The quantitative estimate of drug-likeness (QED) is 0.682. The number of amides is 1. The molecule has 1 aliphatic carbocycles. The van der Waals surface area contributed by atoms with Crippen molar-refractivity contribution in [2.45, 2.75) is 32.7 Å². The highest BCUT2D eigenvalue weighted by molar-refractivity contribution is 5.89. The van der Waals surface area contributed by atoms with Crippen molar-refractivity contribution in [3.8, 4) is 0 Å². The van der Waals surface area contributed by atoms with Crippen LogP contribution in [0, 0.1) is 17.3 Å². The van der Waals surface area contributed by atoms with E-state index in [1.165, 1.54) is 0 Å². The van der Waals surface area contributed by atoms with Crippen LogP contribution in [0.3, 0.4) is 0 Å². The number of carboxylic acid groups (broad SMARTS) is 1. The van der Waals surface area contributed by atoms with Gasteiger partial charge in [-0.25, -0.2) is 4.79 Å². The van der Waals surface area contributed by atoms with E-state index in [1.54, 1.807) is 0 Å². The van der Waals surface area contributed by atoms with E-state index >= 15 is 0 Å². The van der Waals surface area contributed by atoms with Crippen LogP contribution in [-0.2, 0) is 9.59 Å². The minimum Gasteiger partial charge on any atom is -0.480 e. The van der Waals surface area contributed by atoms with Crippen molar-refractivity contribution in [1.82, 2.24) is 5.32 Å². The van der Waals surface area contributed by atoms with E-state index in [0.717, 1.165) is 6.42 Å². The number of hydrogen-bond acceptors (Lipinski definition) is 2. The van der Waals surface area contributed by atoms with Gasteiger partial charge in [0.05, 0.1) is 0 Å². The number of carbonyl (C=O) groups is 2. The zero-order chi connectivity index (χ0) is 10.5. The van der Waals surface area contributed by atoms with Gasteiger partial charge in [0.2, 0.25) is 5.91 Å². The smallest absolute Gasteiger partial charge is 0.326 e. The molecule has 0 radical (unpaired) electrons. The summed E-state index contributed by atoms with van der Waals surface area (Å²) in [6.07, 6.45) is 1.41. The summed E-state index contributed by atoms with van der Waals surface area (Å²) < 4.78 is 0. The minimum absolute atomic E-state index is 0.126. The van der Waals surface area contributed by atoms with Crippen LogP contribution in [0.1, 0.15) is 26.7 Å². The van der Waals surface area contributed by atoms with E-state index in [9.17, 15) is 9.59 Å². The molecule has 2 fully saturated rings. The lowest BCUT2D eigenvalue weighted by molar-refractivity contribution is -0.142. The normalized spacial score (nSPS) is 46.1. The number of carbonyl (C=O) groups excluding carboxylic acids is 1. The summed E-state index contributed by atoms with van der Waals surface area (Å²) >= 11 is 0. The second-order valence-corrected chi connectivity index (χ2v) is 4.84. The highest BCUT2D eigenvalue weighted by Gasteiger charge is 2.58. The molecule has 0 aromatic heterocycles. The van der Waals surface area contributed by atoms with Gasteiger partial charge in [0.1, 0.15) is 6.04 Å². The number of nitrogens with one attached hydrogen (secondary N) is 1. The highest BCUT2D eigenvalue weighted by atomic mass is 16.4. The van der Waals surface area contributed by atoms with Crippen molar-refractivity contribution in [3.05, 3.63) is 0 Å². The van der Waals surface area contributed by atoms with E-state index in [4.69, 9.17) is 5.11 Å². The van der Waals surface area contributed by atoms with E-state index < -0.39 is 12.0 Å². The molecule has 4 nitrogen and oxygen atoms in total. The fourth-order valence-corrected chi connectivity index (χ4v) is 2.76. The maximum absolute atomic E-state index is 11.2. The summed E-state index contributed by atoms with van der Waals surface area (Å²) in [5.41, 5.74) is -0.373. The molecule has 4 heteroatoms. The molecular formula is C10H15NO3. The van der Waals surface area contributed by atoms with Crippen LogP contribution in [0.4, 0.5) is 0 Å². The fraction of sp³-hybridized carbons (Fsp3) is 0.800. The standard InChI is InChI=1S/C10H15NO3/c1-5-3-6(5)10(2)4-7(12)11-8(10)9(13)14/h5-6,8H,3-4H2,1-2H3,(H,11,12)(H,13,14). The molecule has 4 unspecified atom stereocenters. The van der Waals surface area contributed by atoms with Crippen LogP contribution in [-0.4, -0.2) is 23.0 Å². The summed E-state index contributed by atoms with van der Waals surface area (Å²) in [6.45, 7) is 4.02. The molecule has 14 heavy (non-hydrogen) atoms. The molecular weight excluding hydrogens is 182 g/mol. The highest BCUT2D eigenvalue weighted by Crippen LogP contribution is 2.55. The van der Waals surface area contributed by atoms with E-state index in [2.05, 4.69) is 12.2 Å². The maximum atomic E-state index is 11.2. The van der Waals surface area contributed by atoms with Crippen LogP contribution in [0.2, 0.25) is 0 Å². The van der Waals surface area contributed by atoms with Crippen molar-refractivity contribution < 1.29 is 14.7 Å². The van der Waals surface area contributed by atoms with Crippen LogP contribution < -0.4 is 5.32 Å². The predicted octanol–water partition coefficient (Wildman–Crippen LogP) is 0.622. The third-order valence-corrected chi connectivity index (χ3v) is 3.71. The number of aliphatic carboxylic acids is 1. The van der Waals surface area contributed by atoms with Crippen molar-refractivity contribution in [2.75, 3.05) is 0 Å². The Bertz CT molecular complexity index is 302. The molecule has 2 aliphatic rings. The molecule has 1 saturated heterocycles. The second kappa shape index (κ2) is 2.72. The van der Waals surface area contributed by atoms with Crippen molar-refractivity contribution >= 4 is 11.9 Å². The van der Waals surface area contributed by atoms with Crippen molar-refractivity contribution in [3.63, 3.8) is 0 Å². The number of carboxylic acids is 1. The third kappa shape index (κ3) is 1.21. The maximum Gasteiger partial charge on any atom is 0.326 e. The first-order chi connectivity index (χ1) is 6.45. The Morgan fingerprint density at radius 1 is 1.64 bits per heavy atom. The lowest BCUT2D eigenvalue weighted by Crippen LogP contribution is -2.43. The fourth-order valence-electron chi connectivity index (χ4n) is 2.76. The van der Waals surface area contributed by atoms with Gasteiger partial charge in [0.25, 0.3) is 0 Å². The van der Waals surface area contributed by atoms with Crippen molar-refractivity contribution in [2.24, 2.45) is 17.3 Å². The molecule has 1 aliphatic heterocycles. The summed E-state index contributed by atoms with van der Waals surface area (Å²) in [7, 11) is 0. The van der Waals surface area contributed by atoms with Crippen LogP contribution in [0.15, 0.2) is 0 Å². The SMILES string of the molecule is CC1CC1C1(C)CC(=O)NC1C(=O)O. The van der Waals surface area contributed by atoms with E-state index in [1.807, 2.05) is 6.92 Å². The Kier molecular flexibility index (Phi) is 1.84. The minimum atomic E-state index is -0.905. The van der Waals surface area contributed by atoms with Gasteiger partial charge < -0.3 is 10.4 Å². The van der Waals surface area contributed by atoms with E-state index in [-0.39, 0.29) is 11.3 Å². The Morgan fingerprint density at radius 3 is 2.64 bits per heavy atom.